The van der Waals surface area contributed by atoms with Crippen molar-refractivity contribution in [3.63, 3.8) is 0 Å². The third-order valence-electron chi connectivity index (χ3n) is 4.20. The highest BCUT2D eigenvalue weighted by molar-refractivity contribution is 5.96. The zero-order chi connectivity index (χ0) is 18.2. The molecule has 6 nitrogen and oxygen atoms in total. The molecular formula is C20H22N4O2. The third-order valence-corrected chi connectivity index (χ3v) is 4.20. The first-order chi connectivity index (χ1) is 12.7. The Morgan fingerprint density at radius 3 is 2.73 bits per heavy atom. The number of anilines is 1. The first kappa shape index (κ1) is 17.8. The number of hydrazone groups is 1. The lowest BCUT2D eigenvalue weighted by Crippen LogP contribution is -2.28. The zero-order valence-corrected chi connectivity index (χ0v) is 14.6. The summed E-state index contributed by atoms with van der Waals surface area (Å²) in [4.78, 5) is 27.7. The van der Waals surface area contributed by atoms with Gasteiger partial charge in [0.05, 0.1) is 11.3 Å². The number of nitrogens with one attached hydrogen (secondary N) is 1. The van der Waals surface area contributed by atoms with E-state index in [9.17, 15) is 9.59 Å². The molecule has 0 atom stereocenters. The van der Waals surface area contributed by atoms with Gasteiger partial charge in [0.25, 0.3) is 5.91 Å². The molecule has 0 bridgehead atoms. The molecule has 0 unspecified atom stereocenters. The van der Waals surface area contributed by atoms with Crippen LogP contribution in [0.15, 0.2) is 53.9 Å². The first-order valence-electron chi connectivity index (χ1n) is 8.86. The van der Waals surface area contributed by atoms with Crippen LogP contribution in [0.1, 0.15) is 41.6 Å². The number of carbonyl (C=O) groups is 2. The fraction of sp³-hybridized carbons (Fsp3) is 0.300. The van der Waals surface area contributed by atoms with Crippen molar-refractivity contribution >= 4 is 23.7 Å². The van der Waals surface area contributed by atoms with Gasteiger partial charge in [-0.1, -0.05) is 12.1 Å². The highest BCUT2D eigenvalue weighted by atomic mass is 16.2. The number of pyridine rings is 1. The van der Waals surface area contributed by atoms with Crippen LogP contribution in [0.2, 0.25) is 0 Å². The van der Waals surface area contributed by atoms with Gasteiger partial charge >= 0.3 is 0 Å². The van der Waals surface area contributed by atoms with Gasteiger partial charge in [-0.25, -0.2) is 5.01 Å². The maximum Gasteiger partial charge on any atom is 0.252 e. The molecule has 2 amide bonds. The summed E-state index contributed by atoms with van der Waals surface area (Å²) in [6.07, 6.45) is 9.02. The van der Waals surface area contributed by atoms with Gasteiger partial charge in [0.15, 0.2) is 0 Å². The molecule has 1 N–H and O–H groups in total. The van der Waals surface area contributed by atoms with E-state index in [2.05, 4.69) is 15.4 Å². The number of benzene rings is 1. The van der Waals surface area contributed by atoms with Crippen molar-refractivity contribution in [2.45, 2.75) is 32.1 Å². The molecule has 0 saturated carbocycles. The Morgan fingerprint density at radius 1 is 1.15 bits per heavy atom. The van der Waals surface area contributed by atoms with E-state index in [-0.39, 0.29) is 11.8 Å². The van der Waals surface area contributed by atoms with E-state index in [1.165, 1.54) is 10.6 Å². The van der Waals surface area contributed by atoms with E-state index >= 15 is 0 Å². The average molecular weight is 350 g/mol. The minimum absolute atomic E-state index is 0.0320. The smallest absolute Gasteiger partial charge is 0.252 e. The van der Waals surface area contributed by atoms with Crippen molar-refractivity contribution in [1.82, 2.24) is 10.3 Å². The summed E-state index contributed by atoms with van der Waals surface area (Å²) in [6.45, 7) is 0.642. The highest BCUT2D eigenvalue weighted by Crippen LogP contribution is 2.19. The molecule has 0 saturated heterocycles. The Bertz CT molecular complexity index is 772. The standard InChI is InChI=1S/C20H22N4O2/c25-19-7-4-14-23-24(19)18-10-8-16(9-11-18)5-1-2-13-22-20(26)17-6-3-12-21-15-17/h3,6,8-12,14-15H,1-2,4-5,7,13H2,(H,22,26). The van der Waals surface area contributed by atoms with Gasteiger partial charge in [-0.2, -0.15) is 5.10 Å². The SMILES string of the molecule is O=C(NCCCCc1ccc(N2N=CCCC2=O)cc1)c1cccnc1. The third kappa shape index (κ3) is 4.75. The Morgan fingerprint density at radius 2 is 2.00 bits per heavy atom. The van der Waals surface area contributed by atoms with Crippen molar-refractivity contribution in [1.29, 1.82) is 0 Å². The van der Waals surface area contributed by atoms with Gasteiger partial charge in [0.1, 0.15) is 0 Å². The Balaban J connectivity index is 1.40. The minimum atomic E-state index is -0.0887. The maximum absolute atomic E-state index is 11.9. The van der Waals surface area contributed by atoms with Crippen LogP contribution in [0, 0.1) is 0 Å². The topological polar surface area (TPSA) is 74.7 Å². The van der Waals surface area contributed by atoms with Crippen LogP contribution in [0.3, 0.4) is 0 Å². The lowest BCUT2D eigenvalue weighted by Gasteiger charge is -2.20. The summed E-state index contributed by atoms with van der Waals surface area (Å²) in [5.41, 5.74) is 2.59. The molecule has 1 aliphatic rings. The van der Waals surface area contributed by atoms with Gasteiger partial charge < -0.3 is 5.32 Å². The van der Waals surface area contributed by atoms with E-state index < -0.39 is 0 Å². The molecule has 2 aromatic rings. The van der Waals surface area contributed by atoms with Crippen molar-refractivity contribution in [2.75, 3.05) is 11.6 Å². The van der Waals surface area contributed by atoms with Crippen molar-refractivity contribution in [3.8, 4) is 0 Å². The van der Waals surface area contributed by atoms with Crippen LogP contribution >= 0.6 is 0 Å². The molecule has 1 aromatic heterocycles. The molecule has 3 rings (SSSR count). The van der Waals surface area contributed by atoms with E-state index in [0.29, 0.717) is 24.9 Å². The van der Waals surface area contributed by atoms with Crippen LogP contribution in [-0.4, -0.2) is 29.6 Å². The summed E-state index contributed by atoms with van der Waals surface area (Å²) in [6, 6.07) is 11.4. The number of aryl methyl sites for hydroxylation is 1. The first-order valence-corrected chi connectivity index (χ1v) is 8.86. The molecule has 1 aromatic carbocycles. The molecule has 0 radical (unpaired) electrons. The number of carbonyl (C=O) groups excluding carboxylic acids is 2. The van der Waals surface area contributed by atoms with E-state index in [1.807, 2.05) is 24.3 Å². The molecule has 6 heteroatoms. The molecule has 0 spiro atoms. The van der Waals surface area contributed by atoms with Gasteiger partial charge in [0, 0.05) is 31.6 Å². The number of unbranched alkanes of at least 4 members (excludes halogenated alkanes) is 1. The normalized spacial score (nSPS) is 13.7. The fourth-order valence-electron chi connectivity index (χ4n) is 2.77. The summed E-state index contributed by atoms with van der Waals surface area (Å²) in [7, 11) is 0. The molecule has 134 valence electrons. The van der Waals surface area contributed by atoms with Crippen molar-refractivity contribution < 1.29 is 9.59 Å². The molecule has 0 fully saturated rings. The van der Waals surface area contributed by atoms with Gasteiger partial charge in [-0.05, 0) is 55.5 Å². The van der Waals surface area contributed by atoms with E-state index in [4.69, 9.17) is 0 Å². The number of hydrogen-bond acceptors (Lipinski definition) is 4. The quantitative estimate of drug-likeness (QED) is 0.780. The molecule has 26 heavy (non-hydrogen) atoms. The lowest BCUT2D eigenvalue weighted by molar-refractivity contribution is -0.118. The number of aromatic nitrogens is 1. The number of hydrogen-bond donors (Lipinski definition) is 1. The monoisotopic (exact) mass is 350 g/mol. The van der Waals surface area contributed by atoms with Crippen molar-refractivity contribution in [3.05, 3.63) is 59.9 Å². The molecule has 0 aliphatic carbocycles. The second kappa shape index (κ2) is 8.89. The zero-order valence-electron chi connectivity index (χ0n) is 14.6. The molecule has 2 heterocycles. The summed E-state index contributed by atoms with van der Waals surface area (Å²) >= 11 is 0. The predicted octanol–water partition coefficient (Wildman–Crippen LogP) is 2.95. The number of amides is 2. The van der Waals surface area contributed by atoms with Crippen LogP contribution in [-0.2, 0) is 11.2 Å². The van der Waals surface area contributed by atoms with Gasteiger partial charge in [-0.3, -0.25) is 14.6 Å². The lowest BCUT2D eigenvalue weighted by atomic mass is 10.1. The van der Waals surface area contributed by atoms with Crippen LogP contribution in [0.5, 0.6) is 0 Å². The van der Waals surface area contributed by atoms with Gasteiger partial charge in [0.2, 0.25) is 5.91 Å². The second-order valence-corrected chi connectivity index (χ2v) is 6.16. The minimum Gasteiger partial charge on any atom is -0.352 e. The Labute approximate surface area is 152 Å². The highest BCUT2D eigenvalue weighted by Gasteiger charge is 2.16. The van der Waals surface area contributed by atoms with Crippen molar-refractivity contribution in [2.24, 2.45) is 5.10 Å². The second-order valence-electron chi connectivity index (χ2n) is 6.16. The largest absolute Gasteiger partial charge is 0.352 e. The van der Waals surface area contributed by atoms with Gasteiger partial charge in [-0.15, -0.1) is 0 Å². The summed E-state index contributed by atoms with van der Waals surface area (Å²) in [5, 5.41) is 8.52. The number of rotatable bonds is 7. The molecular weight excluding hydrogens is 328 g/mol. The summed E-state index contributed by atoms with van der Waals surface area (Å²) in [5.74, 6) is -0.0567. The predicted molar refractivity (Wildman–Crippen MR) is 101 cm³/mol. The summed E-state index contributed by atoms with van der Waals surface area (Å²) < 4.78 is 0. The Kier molecular flexibility index (Phi) is 6.09. The van der Waals surface area contributed by atoms with E-state index in [0.717, 1.165) is 24.9 Å². The Hall–Kier alpha value is -3.02. The fourth-order valence-corrected chi connectivity index (χ4v) is 2.77. The maximum atomic E-state index is 11.9. The number of nitrogens with zero attached hydrogens (tertiary/aromatic N) is 3. The van der Waals surface area contributed by atoms with E-state index in [1.54, 1.807) is 30.7 Å². The van der Waals surface area contributed by atoms with Crippen LogP contribution in [0.4, 0.5) is 5.69 Å². The molecule has 1 aliphatic heterocycles. The van der Waals surface area contributed by atoms with Crippen LogP contribution in [0.25, 0.3) is 0 Å². The average Bonchev–Trinajstić information content (AvgIpc) is 2.69. The van der Waals surface area contributed by atoms with Crippen LogP contribution < -0.4 is 10.3 Å².